The summed E-state index contributed by atoms with van der Waals surface area (Å²) < 4.78 is 1.13. The van der Waals surface area contributed by atoms with Gasteiger partial charge in [0.1, 0.15) is 0 Å². The van der Waals surface area contributed by atoms with E-state index >= 15 is 0 Å². The van der Waals surface area contributed by atoms with Gasteiger partial charge in [-0.05, 0) is 42.0 Å². The first-order chi connectivity index (χ1) is 6.63. The SMILES string of the molecule is C=CCC(C)NC(=O)c1csc(I)c1. The summed E-state index contributed by atoms with van der Waals surface area (Å²) in [7, 11) is 0. The fourth-order valence-corrected chi connectivity index (χ4v) is 2.37. The molecule has 0 aromatic carbocycles. The minimum Gasteiger partial charge on any atom is -0.349 e. The highest BCUT2D eigenvalue weighted by atomic mass is 127. The lowest BCUT2D eigenvalue weighted by Gasteiger charge is -2.10. The standard InChI is InChI=1S/C10H12INOS/c1-3-4-7(2)12-10(13)8-5-9(11)14-6-8/h3,5-7H,1,4H2,2H3,(H,12,13). The minimum atomic E-state index is -0.00137. The molecule has 0 aliphatic carbocycles. The molecule has 0 saturated carbocycles. The lowest BCUT2D eigenvalue weighted by Crippen LogP contribution is -2.31. The van der Waals surface area contributed by atoms with E-state index in [1.54, 1.807) is 11.3 Å². The molecule has 0 fully saturated rings. The Morgan fingerprint density at radius 2 is 2.57 bits per heavy atom. The number of carbonyl (C=O) groups is 1. The summed E-state index contributed by atoms with van der Waals surface area (Å²) in [5.41, 5.74) is 0.746. The van der Waals surface area contributed by atoms with Crippen molar-refractivity contribution in [2.75, 3.05) is 0 Å². The van der Waals surface area contributed by atoms with Crippen LogP contribution in [-0.2, 0) is 0 Å². The molecule has 14 heavy (non-hydrogen) atoms. The summed E-state index contributed by atoms with van der Waals surface area (Å²) in [6, 6.07) is 2.04. The highest BCUT2D eigenvalue weighted by molar-refractivity contribution is 14.1. The van der Waals surface area contributed by atoms with E-state index in [4.69, 9.17) is 0 Å². The number of rotatable bonds is 4. The highest BCUT2D eigenvalue weighted by Gasteiger charge is 2.09. The minimum absolute atomic E-state index is 0.00137. The quantitative estimate of drug-likeness (QED) is 0.670. The van der Waals surface area contributed by atoms with Crippen LogP contribution < -0.4 is 5.32 Å². The average molecular weight is 321 g/mol. The van der Waals surface area contributed by atoms with E-state index in [1.165, 1.54) is 0 Å². The number of thiophene rings is 1. The lowest BCUT2D eigenvalue weighted by molar-refractivity contribution is 0.0941. The van der Waals surface area contributed by atoms with Gasteiger partial charge in [-0.15, -0.1) is 17.9 Å². The average Bonchev–Trinajstić information content (AvgIpc) is 2.52. The van der Waals surface area contributed by atoms with Crippen molar-refractivity contribution in [3.05, 3.63) is 32.5 Å². The summed E-state index contributed by atoms with van der Waals surface area (Å²) in [5, 5.41) is 4.78. The van der Waals surface area contributed by atoms with E-state index in [0.717, 1.165) is 14.9 Å². The molecule has 2 nitrogen and oxygen atoms in total. The largest absolute Gasteiger partial charge is 0.349 e. The molecule has 1 heterocycles. The van der Waals surface area contributed by atoms with E-state index in [2.05, 4.69) is 34.5 Å². The molecule has 0 aliphatic rings. The van der Waals surface area contributed by atoms with Crippen molar-refractivity contribution in [2.24, 2.45) is 0 Å². The molecule has 0 radical (unpaired) electrons. The van der Waals surface area contributed by atoms with Gasteiger partial charge < -0.3 is 5.32 Å². The Morgan fingerprint density at radius 1 is 1.86 bits per heavy atom. The zero-order chi connectivity index (χ0) is 10.6. The summed E-state index contributed by atoms with van der Waals surface area (Å²) in [5.74, 6) is -0.00137. The third-order valence-electron chi connectivity index (χ3n) is 1.73. The fourth-order valence-electron chi connectivity index (χ4n) is 1.05. The number of carbonyl (C=O) groups excluding carboxylic acids is 1. The van der Waals surface area contributed by atoms with E-state index < -0.39 is 0 Å². The molecule has 0 saturated heterocycles. The third kappa shape index (κ3) is 3.42. The van der Waals surface area contributed by atoms with E-state index in [1.807, 2.05) is 24.4 Å². The van der Waals surface area contributed by atoms with Crippen molar-refractivity contribution in [3.8, 4) is 0 Å². The van der Waals surface area contributed by atoms with Crippen molar-refractivity contribution >= 4 is 39.8 Å². The molecule has 1 amide bonds. The van der Waals surface area contributed by atoms with Crippen molar-refractivity contribution in [1.29, 1.82) is 0 Å². The molecule has 76 valence electrons. The van der Waals surface area contributed by atoms with Crippen LogP contribution in [0.4, 0.5) is 0 Å². The van der Waals surface area contributed by atoms with Crippen LogP contribution in [0.3, 0.4) is 0 Å². The Labute approximate surface area is 102 Å². The van der Waals surface area contributed by atoms with Crippen molar-refractivity contribution in [1.82, 2.24) is 5.32 Å². The van der Waals surface area contributed by atoms with Crippen molar-refractivity contribution < 1.29 is 4.79 Å². The van der Waals surface area contributed by atoms with Crippen molar-refractivity contribution in [3.63, 3.8) is 0 Å². The third-order valence-corrected chi connectivity index (χ3v) is 3.52. The van der Waals surface area contributed by atoms with Crippen molar-refractivity contribution in [2.45, 2.75) is 19.4 Å². The van der Waals surface area contributed by atoms with E-state index in [9.17, 15) is 4.79 Å². The predicted molar refractivity (Wildman–Crippen MR) is 68.8 cm³/mol. The van der Waals surface area contributed by atoms with Crippen LogP contribution in [0, 0.1) is 2.88 Å². The van der Waals surface area contributed by atoms with E-state index in [-0.39, 0.29) is 11.9 Å². The van der Waals surface area contributed by atoms with Crippen LogP contribution in [0.2, 0.25) is 0 Å². The van der Waals surface area contributed by atoms with Gasteiger partial charge in [-0.25, -0.2) is 0 Å². The first kappa shape index (κ1) is 11.7. The molecular weight excluding hydrogens is 309 g/mol. The molecular formula is C10H12INOS. The van der Waals surface area contributed by atoms with E-state index in [0.29, 0.717) is 0 Å². The van der Waals surface area contributed by atoms with Crippen LogP contribution >= 0.6 is 33.9 Å². The maximum Gasteiger partial charge on any atom is 0.252 e. The molecule has 1 rings (SSSR count). The fraction of sp³-hybridized carbons (Fsp3) is 0.300. The summed E-state index contributed by atoms with van der Waals surface area (Å²) in [6.07, 6.45) is 2.61. The second-order valence-corrected chi connectivity index (χ2v) is 5.84. The molecule has 1 unspecified atom stereocenters. The molecule has 1 N–H and O–H groups in total. The first-order valence-corrected chi connectivity index (χ1v) is 6.25. The van der Waals surface area contributed by atoms with Gasteiger partial charge in [-0.3, -0.25) is 4.79 Å². The highest BCUT2D eigenvalue weighted by Crippen LogP contribution is 2.16. The van der Waals surface area contributed by atoms with Gasteiger partial charge in [0.25, 0.3) is 5.91 Å². The van der Waals surface area contributed by atoms with Gasteiger partial charge in [-0.2, -0.15) is 0 Å². The molecule has 0 aliphatic heterocycles. The normalized spacial score (nSPS) is 12.1. The molecule has 1 atom stereocenters. The second kappa shape index (κ2) is 5.50. The molecule has 0 spiro atoms. The van der Waals surface area contributed by atoms with Crippen LogP contribution in [-0.4, -0.2) is 11.9 Å². The zero-order valence-electron chi connectivity index (χ0n) is 7.92. The second-order valence-electron chi connectivity index (χ2n) is 3.04. The summed E-state index contributed by atoms with van der Waals surface area (Å²) >= 11 is 3.79. The molecule has 4 heteroatoms. The Balaban J connectivity index is 2.54. The Morgan fingerprint density at radius 3 is 3.07 bits per heavy atom. The summed E-state index contributed by atoms with van der Waals surface area (Å²) in [4.78, 5) is 11.6. The monoisotopic (exact) mass is 321 g/mol. The number of amides is 1. The predicted octanol–water partition coefficient (Wildman–Crippen LogP) is 3.05. The van der Waals surface area contributed by atoms with Crippen LogP contribution in [0.15, 0.2) is 24.1 Å². The number of nitrogens with one attached hydrogen (secondary N) is 1. The van der Waals surface area contributed by atoms with Gasteiger partial charge in [-0.1, -0.05) is 6.08 Å². The van der Waals surface area contributed by atoms with Gasteiger partial charge >= 0.3 is 0 Å². The smallest absolute Gasteiger partial charge is 0.252 e. The van der Waals surface area contributed by atoms with Crippen LogP contribution in [0.1, 0.15) is 23.7 Å². The molecule has 1 aromatic rings. The maximum atomic E-state index is 11.6. The van der Waals surface area contributed by atoms with Gasteiger partial charge in [0.15, 0.2) is 0 Å². The van der Waals surface area contributed by atoms with Gasteiger partial charge in [0.2, 0.25) is 0 Å². The van der Waals surface area contributed by atoms with Gasteiger partial charge in [0.05, 0.1) is 8.45 Å². The molecule has 1 aromatic heterocycles. The van der Waals surface area contributed by atoms with Crippen LogP contribution in [0.25, 0.3) is 0 Å². The Kier molecular flexibility index (Phi) is 4.60. The number of halogens is 1. The topological polar surface area (TPSA) is 29.1 Å². The molecule has 0 bridgehead atoms. The first-order valence-electron chi connectivity index (χ1n) is 4.29. The van der Waals surface area contributed by atoms with Gasteiger partial charge in [0, 0.05) is 11.4 Å². The lowest BCUT2D eigenvalue weighted by atomic mass is 10.2. The zero-order valence-corrected chi connectivity index (χ0v) is 10.9. The Bertz CT molecular complexity index is 335. The number of hydrogen-bond acceptors (Lipinski definition) is 2. The maximum absolute atomic E-state index is 11.6. The van der Waals surface area contributed by atoms with Crippen LogP contribution in [0.5, 0.6) is 0 Å². The summed E-state index contributed by atoms with van der Waals surface area (Å²) in [6.45, 7) is 5.60. The number of hydrogen-bond donors (Lipinski definition) is 1. The Hall–Kier alpha value is -0.360.